The number of ether oxygens (including phenoxy) is 1. The van der Waals surface area contributed by atoms with Gasteiger partial charge < -0.3 is 10.5 Å². The van der Waals surface area contributed by atoms with Crippen LogP contribution in [0.2, 0.25) is 5.02 Å². The van der Waals surface area contributed by atoms with Gasteiger partial charge in [0.1, 0.15) is 6.07 Å². The highest BCUT2D eigenvalue weighted by Crippen LogP contribution is 2.28. The Morgan fingerprint density at radius 1 is 1.29 bits per heavy atom. The van der Waals surface area contributed by atoms with Crippen LogP contribution in [-0.2, 0) is 4.74 Å². The van der Waals surface area contributed by atoms with Crippen LogP contribution in [0.5, 0.6) is 0 Å². The second kappa shape index (κ2) is 10.9. The Hall–Kier alpha value is -3.81. The van der Waals surface area contributed by atoms with Crippen molar-refractivity contribution >= 4 is 23.5 Å². The fraction of sp³-hybridized carbons (Fsp3) is 0.217. The summed E-state index contributed by atoms with van der Waals surface area (Å²) in [5, 5.41) is 13.2. The van der Waals surface area contributed by atoms with Gasteiger partial charge >= 0.3 is 6.55 Å². The van der Waals surface area contributed by atoms with Crippen molar-refractivity contribution < 1.29 is 18.3 Å². The Morgan fingerprint density at radius 2 is 2.00 bits per heavy atom. The van der Waals surface area contributed by atoms with Gasteiger partial charge in [0.15, 0.2) is 5.96 Å². The van der Waals surface area contributed by atoms with Crippen LogP contribution in [0.3, 0.4) is 0 Å². The highest BCUT2D eigenvalue weighted by atomic mass is 35.5. The molecule has 0 bridgehead atoms. The average Bonchev–Trinajstić information content (AvgIpc) is 3.35. The van der Waals surface area contributed by atoms with Crippen LogP contribution >= 0.6 is 11.6 Å². The first-order chi connectivity index (χ1) is 16.3. The molecule has 34 heavy (non-hydrogen) atoms. The number of nitrogens with zero attached hydrogens (tertiary/aromatic N) is 5. The number of amides is 1. The minimum atomic E-state index is -2.74. The molecule has 0 fully saturated rings. The first-order valence-corrected chi connectivity index (χ1v) is 10.4. The molecular weight excluding hydrogens is 466 g/mol. The van der Waals surface area contributed by atoms with Crippen LogP contribution in [0.1, 0.15) is 34.1 Å². The molecule has 0 aliphatic carbocycles. The fourth-order valence-electron chi connectivity index (χ4n) is 3.36. The number of carbonyl (C=O) groups excluding carboxylic acids is 1. The molecule has 0 saturated heterocycles. The van der Waals surface area contributed by atoms with Crippen LogP contribution in [0.15, 0.2) is 59.9 Å². The van der Waals surface area contributed by atoms with Crippen molar-refractivity contribution in [1.82, 2.24) is 14.7 Å². The van der Waals surface area contributed by atoms with Crippen LogP contribution in [0.25, 0.3) is 11.1 Å². The monoisotopic (exact) mass is 486 g/mol. The number of methoxy groups -OCH3 is 1. The smallest absolute Gasteiger partial charge is 0.333 e. The summed E-state index contributed by atoms with van der Waals surface area (Å²) in [6.07, 6.45) is 2.54. The molecule has 2 N–H and O–H groups in total. The molecule has 1 atom stereocenters. The molecule has 3 aromatic rings. The third-order valence-corrected chi connectivity index (χ3v) is 5.42. The predicted molar refractivity (Wildman–Crippen MR) is 123 cm³/mol. The van der Waals surface area contributed by atoms with Crippen molar-refractivity contribution in [3.8, 4) is 17.2 Å². The van der Waals surface area contributed by atoms with E-state index in [1.54, 1.807) is 42.5 Å². The Morgan fingerprint density at radius 3 is 2.56 bits per heavy atom. The second-order valence-corrected chi connectivity index (χ2v) is 7.55. The summed E-state index contributed by atoms with van der Waals surface area (Å²) in [6.45, 7) is -2.68. The number of nitriles is 1. The van der Waals surface area contributed by atoms with Crippen LogP contribution < -0.4 is 5.73 Å². The number of hydrogen-bond acceptors (Lipinski definition) is 5. The van der Waals surface area contributed by atoms with Crippen LogP contribution in [0, 0.1) is 11.3 Å². The normalized spacial score (nSPS) is 12.4. The number of guanidine groups is 1. The molecule has 176 valence electrons. The molecule has 11 heteroatoms. The molecule has 0 aliphatic heterocycles. The third-order valence-electron chi connectivity index (χ3n) is 5.09. The van der Waals surface area contributed by atoms with Gasteiger partial charge in [0, 0.05) is 31.5 Å². The maximum absolute atomic E-state index is 13.5. The van der Waals surface area contributed by atoms with Crippen molar-refractivity contribution in [2.75, 3.05) is 20.8 Å². The number of hydrogen-bond donors (Lipinski definition) is 1. The highest BCUT2D eigenvalue weighted by molar-refractivity contribution is 6.31. The van der Waals surface area contributed by atoms with Gasteiger partial charge in [0.2, 0.25) is 0 Å². The summed E-state index contributed by atoms with van der Waals surface area (Å²) < 4.78 is 31.5. The van der Waals surface area contributed by atoms with E-state index < -0.39 is 18.5 Å². The lowest BCUT2D eigenvalue weighted by Crippen LogP contribution is -2.45. The largest absolute Gasteiger partial charge is 0.382 e. The number of benzene rings is 2. The maximum atomic E-state index is 13.5. The van der Waals surface area contributed by atoms with Gasteiger partial charge in [-0.05, 0) is 35.4 Å². The topological polar surface area (TPSA) is 110 Å². The molecule has 0 spiro atoms. The highest BCUT2D eigenvalue weighted by Gasteiger charge is 2.30. The number of rotatable bonds is 7. The summed E-state index contributed by atoms with van der Waals surface area (Å²) in [5.41, 5.74) is 8.30. The molecule has 0 saturated carbocycles. The van der Waals surface area contributed by atoms with Crippen molar-refractivity contribution in [2.24, 2.45) is 10.7 Å². The molecule has 1 amide bonds. The Bertz CT molecular complexity index is 1240. The number of alkyl halides is 2. The number of aliphatic imine (C=N–C) groups is 1. The van der Waals surface area contributed by atoms with E-state index in [1.807, 2.05) is 6.07 Å². The lowest BCUT2D eigenvalue weighted by atomic mass is 10.0. The minimum Gasteiger partial charge on any atom is -0.382 e. The predicted octanol–water partition coefficient (Wildman–Crippen LogP) is 4.24. The van der Waals surface area contributed by atoms with E-state index in [1.165, 1.54) is 31.5 Å². The van der Waals surface area contributed by atoms with E-state index in [0.717, 1.165) is 0 Å². The third kappa shape index (κ3) is 5.22. The van der Waals surface area contributed by atoms with Crippen molar-refractivity contribution in [3.05, 3.63) is 76.6 Å². The molecule has 1 heterocycles. The van der Waals surface area contributed by atoms with E-state index in [4.69, 9.17) is 22.1 Å². The van der Waals surface area contributed by atoms with Crippen molar-refractivity contribution in [3.63, 3.8) is 0 Å². The number of carbonyl (C=O) groups is 1. The van der Waals surface area contributed by atoms with Gasteiger partial charge in [0.25, 0.3) is 5.91 Å². The first-order valence-electron chi connectivity index (χ1n) is 9.97. The van der Waals surface area contributed by atoms with Gasteiger partial charge in [-0.25, -0.2) is 4.68 Å². The molecule has 1 aromatic heterocycles. The van der Waals surface area contributed by atoms with E-state index in [0.29, 0.717) is 21.4 Å². The molecular formula is C23H21ClF2N6O2. The SMILES string of the molecule is CN=C(N)N(C(=O)c1ccc(-c2cnn(C(F)F)c2)cc1)[C@H](COC)c1ccc(Cl)c(C#N)c1. The molecule has 0 unspecified atom stereocenters. The molecule has 0 radical (unpaired) electrons. The van der Waals surface area contributed by atoms with E-state index in [2.05, 4.69) is 10.1 Å². The van der Waals surface area contributed by atoms with Crippen molar-refractivity contribution in [2.45, 2.75) is 12.6 Å². The Kier molecular flexibility index (Phi) is 7.94. The van der Waals surface area contributed by atoms with Gasteiger partial charge in [-0.15, -0.1) is 0 Å². The van der Waals surface area contributed by atoms with Crippen LogP contribution in [0.4, 0.5) is 8.78 Å². The first kappa shape index (κ1) is 24.8. The van der Waals surface area contributed by atoms with E-state index in [9.17, 15) is 18.8 Å². The Labute approximate surface area is 199 Å². The molecule has 8 nitrogen and oxygen atoms in total. The average molecular weight is 487 g/mol. The molecule has 0 aliphatic rings. The summed E-state index contributed by atoms with van der Waals surface area (Å²) in [6, 6.07) is 12.5. The lowest BCUT2D eigenvalue weighted by Gasteiger charge is -2.31. The van der Waals surface area contributed by atoms with E-state index in [-0.39, 0.29) is 28.7 Å². The lowest BCUT2D eigenvalue weighted by molar-refractivity contribution is 0.0566. The number of aromatic nitrogens is 2. The second-order valence-electron chi connectivity index (χ2n) is 7.14. The summed E-state index contributed by atoms with van der Waals surface area (Å²) in [4.78, 5) is 18.8. The van der Waals surface area contributed by atoms with E-state index >= 15 is 0 Å². The zero-order valence-corrected chi connectivity index (χ0v) is 19.1. The van der Waals surface area contributed by atoms with Gasteiger partial charge in [-0.3, -0.25) is 14.7 Å². The quantitative estimate of drug-likeness (QED) is 0.396. The fourth-order valence-corrected chi connectivity index (χ4v) is 3.52. The minimum absolute atomic E-state index is 0.0530. The Balaban J connectivity index is 1.97. The molecule has 3 rings (SSSR count). The summed E-state index contributed by atoms with van der Waals surface area (Å²) in [7, 11) is 2.93. The number of nitrogens with two attached hydrogens (primary N) is 1. The number of halogens is 3. The van der Waals surface area contributed by atoms with Gasteiger partial charge in [-0.1, -0.05) is 29.8 Å². The van der Waals surface area contributed by atoms with Gasteiger partial charge in [0.05, 0.1) is 29.4 Å². The maximum Gasteiger partial charge on any atom is 0.333 e. The molecule has 2 aromatic carbocycles. The van der Waals surface area contributed by atoms with Gasteiger partial charge in [-0.2, -0.15) is 19.1 Å². The van der Waals surface area contributed by atoms with Crippen molar-refractivity contribution in [1.29, 1.82) is 5.26 Å². The standard InChI is InChI=1S/C23H21ClF2N6O2/c1-29-23(28)32(20(13-34-2)16-7-8-19(24)17(9-16)10-27)21(33)15-5-3-14(4-6-15)18-11-30-31(12-18)22(25)26/h3-9,11-12,20,22H,13H2,1-2H3,(H2,28,29)/t20-/m1/s1. The zero-order chi connectivity index (χ0) is 24.8. The zero-order valence-electron chi connectivity index (χ0n) is 18.3. The summed E-state index contributed by atoms with van der Waals surface area (Å²) >= 11 is 6.06. The summed E-state index contributed by atoms with van der Waals surface area (Å²) in [5.74, 6) is -0.517. The van der Waals surface area contributed by atoms with Crippen LogP contribution in [-0.4, -0.2) is 47.3 Å².